The average Bonchev–Trinajstić information content (AvgIpc) is 1.35. The van der Waals surface area contributed by atoms with Gasteiger partial charge in [-0.05, 0) is 0 Å². The van der Waals surface area contributed by atoms with Gasteiger partial charge in [0.2, 0.25) is 10.5 Å². The van der Waals surface area contributed by atoms with Crippen molar-refractivity contribution in [2.24, 2.45) is 0 Å². The van der Waals surface area contributed by atoms with Crippen molar-refractivity contribution in [3.05, 3.63) is 0 Å². The number of hydrogen-bond acceptors (Lipinski definition) is 1. The Morgan fingerprint density at radius 2 is 2.17 bits per heavy atom. The first-order valence-electron chi connectivity index (χ1n) is 1.43. The van der Waals surface area contributed by atoms with E-state index in [0.29, 0.717) is 10.0 Å². The van der Waals surface area contributed by atoms with Crippen molar-refractivity contribution in [1.29, 1.82) is 0 Å². The van der Waals surface area contributed by atoms with Crippen LogP contribution in [0.4, 0.5) is 0 Å². The molecule has 0 aliphatic heterocycles. The minimum Gasteiger partial charge on any atom is -0.495 e. The number of hydrogen-bond donors (Lipinski definition) is 0. The minimum absolute atomic E-state index is 0.335. The van der Waals surface area contributed by atoms with E-state index in [2.05, 4.69) is 18.7 Å². The third-order valence-corrected chi connectivity index (χ3v) is 0.875. The molecule has 0 spiro atoms. The Balaban J connectivity index is 2.63. The van der Waals surface area contributed by atoms with Gasteiger partial charge in [0.15, 0.2) is 0 Å². The fourth-order valence-corrected chi connectivity index (χ4v) is 0.750. The summed E-state index contributed by atoms with van der Waals surface area (Å²) in [5, 5.41) is 0. The summed E-state index contributed by atoms with van der Waals surface area (Å²) >= 11 is 0. The van der Waals surface area contributed by atoms with Gasteiger partial charge >= 0.3 is 10.0 Å². The highest BCUT2D eigenvalue weighted by Crippen LogP contribution is 1.72. The van der Waals surface area contributed by atoms with E-state index in [0.717, 1.165) is 0 Å². The van der Waals surface area contributed by atoms with E-state index in [1.165, 1.54) is 0 Å². The molecule has 0 heterocycles. The van der Waals surface area contributed by atoms with Gasteiger partial charge in [-0.2, -0.15) is 0 Å². The van der Waals surface area contributed by atoms with Crippen LogP contribution in [-0.4, -0.2) is 34.7 Å². The molecule has 0 aromatic rings. The van der Waals surface area contributed by atoms with Gasteiger partial charge in [0, 0.05) is 0 Å². The number of rotatable bonds is 2. The molecule has 0 fully saturated rings. The van der Waals surface area contributed by atoms with E-state index in [1.54, 1.807) is 0 Å². The van der Waals surface area contributed by atoms with Crippen LogP contribution in [0.3, 0.4) is 0 Å². The smallest absolute Gasteiger partial charge is 0.495 e. The van der Waals surface area contributed by atoms with Crippen molar-refractivity contribution in [1.82, 2.24) is 0 Å². The standard InChI is InChI=1S/C2H6O2Si2/c1-4(2)6-3-5/h1-2H3/q+1. The molecule has 0 aliphatic carbocycles. The predicted octanol–water partition coefficient (Wildman–Crippen LogP) is -0.567. The van der Waals surface area contributed by atoms with Crippen molar-refractivity contribution in [2.75, 3.05) is 14.2 Å². The van der Waals surface area contributed by atoms with Crippen LogP contribution in [0.1, 0.15) is 0 Å². The molecular weight excluding hydrogens is 112 g/mol. The van der Waals surface area contributed by atoms with Gasteiger partial charge in [0.1, 0.15) is 14.2 Å². The molecule has 2 nitrogen and oxygen atoms in total. The van der Waals surface area contributed by atoms with Gasteiger partial charge in [0.05, 0.1) is 0 Å². The monoisotopic (exact) mass is 118 g/mol. The summed E-state index contributed by atoms with van der Waals surface area (Å²) < 4.78 is 7.10. The van der Waals surface area contributed by atoms with Gasteiger partial charge in [-0.25, -0.2) is 0 Å². The summed E-state index contributed by atoms with van der Waals surface area (Å²) in [6.07, 6.45) is 0. The zero-order valence-corrected chi connectivity index (χ0v) is 5.82. The lowest BCUT2D eigenvalue weighted by Gasteiger charge is -1.98. The fraction of sp³-hybridized carbons (Fsp3) is 1.00. The summed E-state index contributed by atoms with van der Waals surface area (Å²) in [5.41, 5.74) is 0. The topological polar surface area (TPSA) is 11.9 Å². The maximum Gasteiger partial charge on any atom is 0.749 e. The molecule has 0 saturated carbocycles. The molecule has 0 amide bonds. The predicted molar refractivity (Wildman–Crippen MR) is 25.5 cm³/mol. The van der Waals surface area contributed by atoms with Crippen LogP contribution in [0.5, 0.6) is 0 Å². The Bertz CT molecular complexity index is 30.7. The molecule has 0 bridgehead atoms. The Labute approximate surface area is 43.8 Å². The molecule has 0 aromatic carbocycles. The van der Waals surface area contributed by atoms with Crippen molar-refractivity contribution < 1.29 is 8.17 Å². The molecule has 0 saturated heterocycles. The van der Waals surface area contributed by atoms with Crippen LogP contribution in [0.15, 0.2) is 0 Å². The Kier molecular flexibility index (Phi) is 3.75. The Morgan fingerprint density at radius 3 is 2.17 bits per heavy atom. The minimum atomic E-state index is 0.335. The highest BCUT2D eigenvalue weighted by Gasteiger charge is 2.00. The third-order valence-electron chi connectivity index (χ3n) is 0.208. The van der Waals surface area contributed by atoms with Crippen LogP contribution in [-0.2, 0) is 8.17 Å². The lowest BCUT2D eigenvalue weighted by atomic mass is 11.6. The molecular formula is C2H6O2Si2+. The lowest BCUT2D eigenvalue weighted by Crippen LogP contribution is -2.10. The van der Waals surface area contributed by atoms with Gasteiger partial charge in [-0.1, -0.05) is 0 Å². The maximum atomic E-state index is 4.53. The molecule has 0 rings (SSSR count). The van der Waals surface area contributed by atoms with E-state index in [-0.39, 0.29) is 0 Å². The molecule has 4 heteroatoms. The Hall–Kier alpha value is 0.354. The fourth-order valence-electron chi connectivity index (χ4n) is 0.0833. The molecule has 0 unspecified atom stereocenters. The highest BCUT2D eigenvalue weighted by atomic mass is 28.3. The molecule has 5 radical (unpaired) electrons. The molecule has 0 N–H and O–H groups in total. The second kappa shape index (κ2) is 3.54. The summed E-state index contributed by atoms with van der Waals surface area (Å²) in [7, 11) is 6.90. The quantitative estimate of drug-likeness (QED) is 0.349. The third kappa shape index (κ3) is 4.35. The highest BCUT2D eigenvalue weighted by molar-refractivity contribution is 6.28. The van der Waals surface area contributed by atoms with E-state index in [9.17, 15) is 0 Å². The van der Waals surface area contributed by atoms with Crippen LogP contribution in [0, 0.1) is 0 Å². The zero-order chi connectivity index (χ0) is 4.99. The van der Waals surface area contributed by atoms with E-state index in [1.807, 2.05) is 14.2 Å². The van der Waals surface area contributed by atoms with Crippen LogP contribution in [0.2, 0.25) is 0 Å². The average molecular weight is 118 g/mol. The van der Waals surface area contributed by atoms with Crippen molar-refractivity contribution in [3.8, 4) is 0 Å². The summed E-state index contributed by atoms with van der Waals surface area (Å²) in [6, 6.07) is 0. The molecule has 0 atom stereocenters. The van der Waals surface area contributed by atoms with E-state index >= 15 is 0 Å². The van der Waals surface area contributed by atoms with Crippen molar-refractivity contribution in [2.45, 2.75) is 0 Å². The van der Waals surface area contributed by atoms with Gasteiger partial charge in [-0.15, -0.1) is 0 Å². The molecule has 33 valence electrons. The van der Waals surface area contributed by atoms with Crippen molar-refractivity contribution in [3.63, 3.8) is 0 Å². The summed E-state index contributed by atoms with van der Waals surface area (Å²) in [5.74, 6) is 0. The van der Waals surface area contributed by atoms with Crippen LogP contribution in [0.25, 0.3) is 0 Å². The first-order valence-corrected chi connectivity index (χ1v) is 2.65. The first kappa shape index (κ1) is 6.35. The van der Waals surface area contributed by atoms with E-state index < -0.39 is 0 Å². The summed E-state index contributed by atoms with van der Waals surface area (Å²) in [4.78, 5) is 0. The first-order chi connectivity index (χ1) is 2.77. The van der Waals surface area contributed by atoms with Gasteiger partial charge in [-0.3, -0.25) is 0 Å². The SMILES string of the molecule is C[O+](C)[Si]O[Si]. The normalized spacial score (nSPS) is 10.0. The van der Waals surface area contributed by atoms with Crippen molar-refractivity contribution >= 4 is 20.5 Å². The molecule has 6 heavy (non-hydrogen) atoms. The Morgan fingerprint density at radius 1 is 1.67 bits per heavy atom. The van der Waals surface area contributed by atoms with Gasteiger partial charge < -0.3 is 8.17 Å². The molecule has 0 aromatic heterocycles. The second-order valence-electron chi connectivity index (χ2n) is 1.00. The largest absolute Gasteiger partial charge is 0.749 e. The maximum absolute atomic E-state index is 4.53. The van der Waals surface area contributed by atoms with E-state index in [4.69, 9.17) is 0 Å². The second-order valence-corrected chi connectivity index (χ2v) is 2.80. The van der Waals surface area contributed by atoms with Crippen LogP contribution >= 0.6 is 0 Å². The van der Waals surface area contributed by atoms with Gasteiger partial charge in [0.25, 0.3) is 0 Å². The lowest BCUT2D eigenvalue weighted by molar-refractivity contribution is 0.104. The zero-order valence-electron chi connectivity index (χ0n) is 3.82. The molecule has 0 aliphatic rings. The summed E-state index contributed by atoms with van der Waals surface area (Å²) in [6.45, 7) is 0. The van der Waals surface area contributed by atoms with Crippen LogP contribution < -0.4 is 0 Å².